The van der Waals surface area contributed by atoms with E-state index in [-0.39, 0.29) is 18.5 Å². The number of urea groups is 1. The Morgan fingerprint density at radius 2 is 1.81 bits per heavy atom. The van der Waals surface area contributed by atoms with Crippen molar-refractivity contribution in [1.82, 2.24) is 14.4 Å². The minimum absolute atomic E-state index is 0.0257. The van der Waals surface area contributed by atoms with Crippen LogP contribution in [0, 0.1) is 0 Å². The second-order valence-corrected chi connectivity index (χ2v) is 8.05. The summed E-state index contributed by atoms with van der Waals surface area (Å²) >= 11 is 0. The predicted octanol–water partition coefficient (Wildman–Crippen LogP) is 4.07. The van der Waals surface area contributed by atoms with Gasteiger partial charge in [0.25, 0.3) is 0 Å². The lowest BCUT2D eigenvalue weighted by Crippen LogP contribution is -2.45. The highest BCUT2D eigenvalue weighted by atomic mass is 16.5. The molecule has 0 bridgehead atoms. The average Bonchev–Trinajstić information content (AvgIpc) is 3.15. The molecule has 0 spiro atoms. The van der Waals surface area contributed by atoms with Crippen LogP contribution in [0.3, 0.4) is 0 Å². The van der Waals surface area contributed by atoms with Gasteiger partial charge in [0.1, 0.15) is 6.54 Å². The Bertz CT molecular complexity index is 830. The summed E-state index contributed by atoms with van der Waals surface area (Å²) in [5.74, 6) is 0.332. The highest BCUT2D eigenvalue weighted by Gasteiger charge is 2.21. The number of amides is 3. The molecule has 1 heterocycles. The minimum atomic E-state index is -0.266. The van der Waals surface area contributed by atoms with Gasteiger partial charge in [-0.15, -0.1) is 0 Å². The molecule has 0 aliphatic heterocycles. The fourth-order valence-electron chi connectivity index (χ4n) is 3.29. The van der Waals surface area contributed by atoms with Crippen molar-refractivity contribution < 1.29 is 14.3 Å². The first-order valence-electron chi connectivity index (χ1n) is 10.9. The van der Waals surface area contributed by atoms with Crippen LogP contribution in [0.25, 0.3) is 0 Å². The lowest BCUT2D eigenvalue weighted by molar-refractivity contribution is -0.133. The molecular formula is C24H36N4O3. The number of carbonyl (C=O) groups is 2. The van der Waals surface area contributed by atoms with E-state index in [1.165, 1.54) is 5.56 Å². The number of aryl methyl sites for hydroxylation is 1. The molecule has 3 amide bonds. The molecule has 0 unspecified atom stereocenters. The van der Waals surface area contributed by atoms with Crippen LogP contribution in [0.5, 0.6) is 0 Å². The molecular weight excluding hydrogens is 392 g/mol. The number of benzene rings is 1. The maximum atomic E-state index is 13.1. The lowest BCUT2D eigenvalue weighted by Gasteiger charge is -2.28. The van der Waals surface area contributed by atoms with Gasteiger partial charge in [-0.3, -0.25) is 4.79 Å². The van der Waals surface area contributed by atoms with E-state index in [0.29, 0.717) is 32.2 Å². The van der Waals surface area contributed by atoms with Gasteiger partial charge < -0.3 is 24.4 Å². The topological polar surface area (TPSA) is 66.8 Å². The molecule has 2 rings (SSSR count). The number of aromatic nitrogens is 1. The second-order valence-electron chi connectivity index (χ2n) is 8.05. The molecule has 0 saturated heterocycles. The van der Waals surface area contributed by atoms with Crippen LogP contribution in [0.15, 0.2) is 42.6 Å². The molecule has 7 heteroatoms. The number of ether oxygens (including phenoxy) is 1. The van der Waals surface area contributed by atoms with Crippen molar-refractivity contribution in [2.75, 3.05) is 38.7 Å². The Morgan fingerprint density at radius 1 is 1.10 bits per heavy atom. The van der Waals surface area contributed by atoms with Gasteiger partial charge >= 0.3 is 6.03 Å². The van der Waals surface area contributed by atoms with Crippen molar-refractivity contribution >= 4 is 17.6 Å². The van der Waals surface area contributed by atoms with Crippen LogP contribution < -0.4 is 5.32 Å². The van der Waals surface area contributed by atoms with Crippen LogP contribution in [0.2, 0.25) is 0 Å². The van der Waals surface area contributed by atoms with Crippen molar-refractivity contribution in [2.24, 2.45) is 7.05 Å². The van der Waals surface area contributed by atoms with Crippen LogP contribution in [0.4, 0.5) is 10.5 Å². The largest absolute Gasteiger partial charge is 0.383 e. The molecule has 0 aliphatic carbocycles. The van der Waals surface area contributed by atoms with Gasteiger partial charge in [0, 0.05) is 44.8 Å². The van der Waals surface area contributed by atoms with Crippen molar-refractivity contribution in [1.29, 1.82) is 0 Å². The van der Waals surface area contributed by atoms with Crippen molar-refractivity contribution in [3.05, 3.63) is 53.9 Å². The maximum Gasteiger partial charge on any atom is 0.322 e. The number of methoxy groups -OCH3 is 1. The van der Waals surface area contributed by atoms with E-state index in [4.69, 9.17) is 4.74 Å². The monoisotopic (exact) mass is 428 g/mol. The molecule has 31 heavy (non-hydrogen) atoms. The molecule has 1 N–H and O–H groups in total. The number of hydrogen-bond acceptors (Lipinski definition) is 3. The summed E-state index contributed by atoms with van der Waals surface area (Å²) in [5.41, 5.74) is 2.97. The first-order chi connectivity index (χ1) is 14.8. The molecule has 1 aromatic carbocycles. The average molecular weight is 429 g/mol. The smallest absolute Gasteiger partial charge is 0.322 e. The molecule has 0 saturated carbocycles. The Morgan fingerprint density at radius 3 is 2.35 bits per heavy atom. The second kappa shape index (κ2) is 12.2. The summed E-state index contributed by atoms with van der Waals surface area (Å²) in [7, 11) is 3.57. The van der Waals surface area contributed by atoms with E-state index >= 15 is 0 Å². The van der Waals surface area contributed by atoms with Crippen molar-refractivity contribution in [3.8, 4) is 0 Å². The van der Waals surface area contributed by atoms with Gasteiger partial charge in [0.2, 0.25) is 5.91 Å². The molecule has 0 aliphatic rings. The minimum Gasteiger partial charge on any atom is -0.383 e. The first-order valence-corrected chi connectivity index (χ1v) is 10.9. The Labute approximate surface area is 186 Å². The van der Waals surface area contributed by atoms with Gasteiger partial charge in [-0.1, -0.05) is 32.9 Å². The van der Waals surface area contributed by atoms with E-state index in [1.54, 1.807) is 16.9 Å². The third kappa shape index (κ3) is 7.43. The van der Waals surface area contributed by atoms with E-state index in [0.717, 1.165) is 17.8 Å². The number of nitrogens with one attached hydrogen (secondary N) is 1. The fourth-order valence-corrected chi connectivity index (χ4v) is 3.29. The van der Waals surface area contributed by atoms with Crippen LogP contribution in [-0.4, -0.2) is 59.7 Å². The van der Waals surface area contributed by atoms with E-state index in [1.807, 2.05) is 61.1 Å². The van der Waals surface area contributed by atoms with Crippen LogP contribution >= 0.6 is 0 Å². The van der Waals surface area contributed by atoms with Crippen molar-refractivity contribution in [2.45, 2.75) is 39.7 Å². The zero-order valence-electron chi connectivity index (χ0n) is 19.4. The van der Waals surface area contributed by atoms with E-state index in [9.17, 15) is 9.59 Å². The predicted molar refractivity (Wildman–Crippen MR) is 124 cm³/mol. The van der Waals surface area contributed by atoms with Gasteiger partial charge in [-0.2, -0.15) is 0 Å². The Hall–Kier alpha value is -2.80. The SMILES string of the molecule is CCCN(CC(=O)N(CCOC)Cc1cccn1C)C(=O)Nc1ccc(C(C)C)cc1. The maximum absolute atomic E-state index is 13.1. The summed E-state index contributed by atoms with van der Waals surface area (Å²) in [6, 6.07) is 11.5. The highest BCUT2D eigenvalue weighted by Crippen LogP contribution is 2.17. The molecule has 0 fully saturated rings. The van der Waals surface area contributed by atoms with Crippen LogP contribution in [0.1, 0.15) is 44.4 Å². The standard InChI is InChI=1S/C24H36N4O3/c1-6-13-28(24(30)25-21-11-9-20(10-12-21)19(2)3)18-23(29)27(15-16-31-5)17-22-8-7-14-26(22)4/h7-12,14,19H,6,13,15-18H2,1-5H3,(H,25,30). The zero-order valence-corrected chi connectivity index (χ0v) is 19.4. The molecule has 170 valence electrons. The number of hydrogen-bond donors (Lipinski definition) is 1. The third-order valence-corrected chi connectivity index (χ3v) is 5.26. The van der Waals surface area contributed by atoms with Crippen LogP contribution in [-0.2, 0) is 23.1 Å². The molecule has 0 radical (unpaired) electrons. The summed E-state index contributed by atoms with van der Waals surface area (Å²) in [5, 5.41) is 2.92. The summed E-state index contributed by atoms with van der Waals surface area (Å²) in [4.78, 5) is 29.3. The number of carbonyl (C=O) groups excluding carboxylic acids is 2. The highest BCUT2D eigenvalue weighted by molar-refractivity contribution is 5.92. The Balaban J connectivity index is 2.06. The van der Waals surface area contributed by atoms with E-state index < -0.39 is 0 Å². The Kier molecular flexibility index (Phi) is 9.59. The molecule has 7 nitrogen and oxygen atoms in total. The van der Waals surface area contributed by atoms with Gasteiger partial charge in [0.05, 0.1) is 13.2 Å². The number of rotatable bonds is 11. The molecule has 1 aromatic heterocycles. The van der Waals surface area contributed by atoms with Gasteiger partial charge in [-0.25, -0.2) is 4.79 Å². The summed E-state index contributed by atoms with van der Waals surface area (Å²) in [6.45, 7) is 8.18. The number of nitrogens with zero attached hydrogens (tertiary/aromatic N) is 3. The fraction of sp³-hybridized carbons (Fsp3) is 0.500. The quantitative estimate of drug-likeness (QED) is 0.587. The van der Waals surface area contributed by atoms with Gasteiger partial charge in [-0.05, 0) is 42.2 Å². The summed E-state index contributed by atoms with van der Waals surface area (Å²) < 4.78 is 7.17. The zero-order chi connectivity index (χ0) is 22.8. The van der Waals surface area contributed by atoms with Crippen molar-refractivity contribution in [3.63, 3.8) is 0 Å². The first kappa shape index (κ1) is 24.5. The third-order valence-electron chi connectivity index (χ3n) is 5.26. The molecule has 2 aromatic rings. The summed E-state index contributed by atoms with van der Waals surface area (Å²) in [6.07, 6.45) is 2.72. The normalized spacial score (nSPS) is 10.9. The van der Waals surface area contributed by atoms with E-state index in [2.05, 4.69) is 19.2 Å². The van der Waals surface area contributed by atoms with Gasteiger partial charge in [0.15, 0.2) is 0 Å². The number of anilines is 1. The lowest BCUT2D eigenvalue weighted by atomic mass is 10.0. The molecule has 0 atom stereocenters.